The fourth-order valence-electron chi connectivity index (χ4n) is 8.26. The number of carbonyl (C=O) groups is 3. The number of unbranched alkanes of at least 4 members (excludes halogenated alkanes) is 21. The number of ether oxygens (including phenoxy) is 3. The molecule has 0 aromatic rings. The van der Waals surface area contributed by atoms with Crippen molar-refractivity contribution in [2.24, 2.45) is 11.8 Å². The van der Waals surface area contributed by atoms with E-state index in [1.165, 1.54) is 167 Å². The Morgan fingerprint density at radius 3 is 1.12 bits per heavy atom. The molecule has 0 heterocycles. The van der Waals surface area contributed by atoms with E-state index in [0.29, 0.717) is 57.0 Å². The Hall–Kier alpha value is -1.63. The van der Waals surface area contributed by atoms with Crippen molar-refractivity contribution in [3.8, 4) is 0 Å². The van der Waals surface area contributed by atoms with Crippen LogP contribution in [0.2, 0.25) is 0 Å². The Kier molecular flexibility index (Phi) is 45.6. The van der Waals surface area contributed by atoms with Gasteiger partial charge in [0, 0.05) is 25.3 Å². The van der Waals surface area contributed by atoms with E-state index in [2.05, 4.69) is 39.9 Å². The number of nitrogens with one attached hydrogen (secondary N) is 1. The highest BCUT2D eigenvalue weighted by Crippen LogP contribution is 2.21. The van der Waals surface area contributed by atoms with Crippen LogP contribution in [0.5, 0.6) is 0 Å². The van der Waals surface area contributed by atoms with Crippen molar-refractivity contribution in [1.29, 1.82) is 0 Å². The van der Waals surface area contributed by atoms with Gasteiger partial charge in [0.05, 0.1) is 19.8 Å². The third kappa shape index (κ3) is 41.7. The summed E-state index contributed by atoms with van der Waals surface area (Å²) in [6.07, 6.45) is 43.0. The van der Waals surface area contributed by atoms with Crippen LogP contribution in [-0.2, 0) is 28.6 Å². The average Bonchev–Trinajstić information content (AvgIpc) is 3.25. The third-order valence-corrected chi connectivity index (χ3v) is 12.4. The standard InChI is InChI=1S/C53H103NO6/c1-6-11-16-27-37-48(35-13-8-3)46-59-52(56)42-31-24-20-18-22-29-39-50(54-44-34-26-33-41-51(55)58-45-15-10-5)40-30-23-19-21-25-32-43-53(57)60-47-49(36-14-9-4)38-28-17-12-7-2/h48-50,54H,6-47H2,1-5H3. The van der Waals surface area contributed by atoms with Crippen LogP contribution in [0.15, 0.2) is 0 Å². The van der Waals surface area contributed by atoms with E-state index < -0.39 is 0 Å². The van der Waals surface area contributed by atoms with Crippen molar-refractivity contribution < 1.29 is 28.6 Å². The van der Waals surface area contributed by atoms with Crippen LogP contribution in [0.4, 0.5) is 0 Å². The number of esters is 3. The quantitative estimate of drug-likeness (QED) is 0.0370. The zero-order chi connectivity index (χ0) is 44.0. The molecule has 0 aromatic heterocycles. The molecule has 0 saturated carbocycles. The van der Waals surface area contributed by atoms with Crippen LogP contribution in [0.3, 0.4) is 0 Å². The molecule has 0 aliphatic rings. The van der Waals surface area contributed by atoms with Crippen LogP contribution in [-0.4, -0.2) is 50.3 Å². The highest BCUT2D eigenvalue weighted by atomic mass is 16.5. The number of rotatable bonds is 48. The van der Waals surface area contributed by atoms with E-state index >= 15 is 0 Å². The van der Waals surface area contributed by atoms with E-state index in [1.54, 1.807) is 0 Å². The molecule has 1 N–H and O–H groups in total. The van der Waals surface area contributed by atoms with Gasteiger partial charge in [0.15, 0.2) is 0 Å². The minimum absolute atomic E-state index is 0.000412. The summed E-state index contributed by atoms with van der Waals surface area (Å²) in [5.74, 6) is 1.02. The van der Waals surface area contributed by atoms with E-state index in [1.807, 2.05) is 0 Å². The Balaban J connectivity index is 4.40. The molecular formula is C53H103NO6. The lowest BCUT2D eigenvalue weighted by molar-refractivity contribution is -0.146. The summed E-state index contributed by atoms with van der Waals surface area (Å²) in [6, 6.07) is 0.550. The lowest BCUT2D eigenvalue weighted by Gasteiger charge is -2.19. The number of hydrogen-bond donors (Lipinski definition) is 1. The van der Waals surface area contributed by atoms with Crippen LogP contribution in [0.1, 0.15) is 279 Å². The molecule has 0 radical (unpaired) electrons. The Labute approximate surface area is 373 Å². The Morgan fingerprint density at radius 2 is 0.683 bits per heavy atom. The zero-order valence-corrected chi connectivity index (χ0v) is 40.9. The monoisotopic (exact) mass is 850 g/mol. The molecule has 2 atom stereocenters. The fourth-order valence-corrected chi connectivity index (χ4v) is 8.26. The molecular weight excluding hydrogens is 747 g/mol. The molecule has 0 amide bonds. The third-order valence-electron chi connectivity index (χ3n) is 12.4. The summed E-state index contributed by atoms with van der Waals surface area (Å²) in [7, 11) is 0. The van der Waals surface area contributed by atoms with Crippen molar-refractivity contribution in [2.45, 2.75) is 285 Å². The predicted molar refractivity (Wildman–Crippen MR) is 255 cm³/mol. The molecule has 0 fully saturated rings. The lowest BCUT2D eigenvalue weighted by Crippen LogP contribution is -2.30. The molecule has 7 nitrogen and oxygen atoms in total. The molecule has 0 bridgehead atoms. The van der Waals surface area contributed by atoms with Crippen molar-refractivity contribution in [2.75, 3.05) is 26.4 Å². The summed E-state index contributed by atoms with van der Waals surface area (Å²) in [5.41, 5.74) is 0. The fraction of sp³-hybridized carbons (Fsp3) is 0.943. The van der Waals surface area contributed by atoms with Crippen LogP contribution < -0.4 is 5.32 Å². The largest absolute Gasteiger partial charge is 0.466 e. The minimum Gasteiger partial charge on any atom is -0.466 e. The topological polar surface area (TPSA) is 90.9 Å². The van der Waals surface area contributed by atoms with Gasteiger partial charge < -0.3 is 19.5 Å². The van der Waals surface area contributed by atoms with Crippen LogP contribution >= 0.6 is 0 Å². The first kappa shape index (κ1) is 58.4. The molecule has 0 saturated heterocycles. The number of hydrogen-bond acceptors (Lipinski definition) is 7. The summed E-state index contributed by atoms with van der Waals surface area (Å²) in [5, 5.41) is 3.87. The van der Waals surface area contributed by atoms with Crippen LogP contribution in [0.25, 0.3) is 0 Å². The lowest BCUT2D eigenvalue weighted by atomic mass is 9.96. The highest BCUT2D eigenvalue weighted by molar-refractivity contribution is 5.69. The predicted octanol–water partition coefficient (Wildman–Crippen LogP) is 15.7. The molecule has 356 valence electrons. The smallest absolute Gasteiger partial charge is 0.305 e. The highest BCUT2D eigenvalue weighted by Gasteiger charge is 2.14. The second-order valence-corrected chi connectivity index (χ2v) is 18.4. The molecule has 0 aliphatic heterocycles. The number of carbonyl (C=O) groups excluding carboxylic acids is 3. The van der Waals surface area contributed by atoms with E-state index in [-0.39, 0.29) is 17.9 Å². The van der Waals surface area contributed by atoms with Crippen molar-refractivity contribution in [1.82, 2.24) is 5.32 Å². The second-order valence-electron chi connectivity index (χ2n) is 18.4. The van der Waals surface area contributed by atoms with E-state index in [4.69, 9.17) is 14.2 Å². The van der Waals surface area contributed by atoms with E-state index in [9.17, 15) is 14.4 Å². The van der Waals surface area contributed by atoms with Gasteiger partial charge in [-0.3, -0.25) is 14.4 Å². The minimum atomic E-state index is -0.0481. The summed E-state index contributed by atoms with van der Waals surface area (Å²) >= 11 is 0. The van der Waals surface area contributed by atoms with Gasteiger partial charge in [0.2, 0.25) is 0 Å². The molecule has 60 heavy (non-hydrogen) atoms. The second kappa shape index (κ2) is 46.9. The first-order chi connectivity index (χ1) is 29.4. The van der Waals surface area contributed by atoms with Gasteiger partial charge in [-0.15, -0.1) is 0 Å². The maximum absolute atomic E-state index is 12.5. The van der Waals surface area contributed by atoms with E-state index in [0.717, 1.165) is 64.3 Å². The van der Waals surface area contributed by atoms with Crippen molar-refractivity contribution in [3.63, 3.8) is 0 Å². The maximum atomic E-state index is 12.5. The van der Waals surface area contributed by atoms with Gasteiger partial charge in [0.25, 0.3) is 0 Å². The molecule has 0 rings (SSSR count). The Morgan fingerprint density at radius 1 is 0.350 bits per heavy atom. The summed E-state index contributed by atoms with van der Waals surface area (Å²) < 4.78 is 16.8. The maximum Gasteiger partial charge on any atom is 0.305 e. The van der Waals surface area contributed by atoms with Gasteiger partial charge in [-0.25, -0.2) is 0 Å². The van der Waals surface area contributed by atoms with Gasteiger partial charge in [-0.2, -0.15) is 0 Å². The normalized spacial score (nSPS) is 12.9. The first-order valence-corrected chi connectivity index (χ1v) is 26.6. The summed E-state index contributed by atoms with van der Waals surface area (Å²) in [4.78, 5) is 36.9. The molecule has 0 aliphatic carbocycles. The zero-order valence-electron chi connectivity index (χ0n) is 40.9. The van der Waals surface area contributed by atoms with Crippen molar-refractivity contribution >= 4 is 17.9 Å². The molecule has 2 unspecified atom stereocenters. The van der Waals surface area contributed by atoms with Gasteiger partial charge >= 0.3 is 17.9 Å². The van der Waals surface area contributed by atoms with Crippen LogP contribution in [0, 0.1) is 11.8 Å². The van der Waals surface area contributed by atoms with Gasteiger partial charge in [-0.05, 0) is 89.0 Å². The summed E-state index contributed by atoms with van der Waals surface area (Å²) in [6.45, 7) is 13.9. The molecule has 0 spiro atoms. The average molecular weight is 850 g/mol. The Bertz CT molecular complexity index is 871. The van der Waals surface area contributed by atoms with Gasteiger partial charge in [-0.1, -0.05) is 189 Å². The SMILES string of the molecule is CCCCCCC(CCCC)COC(=O)CCCCCCCCC(CCCCCCCCC(=O)OCC(CCCC)CCCCCC)NCCCCCC(=O)OCCCC. The first-order valence-electron chi connectivity index (χ1n) is 26.6. The molecule has 0 aromatic carbocycles. The molecule has 7 heteroatoms. The van der Waals surface area contributed by atoms with Gasteiger partial charge in [0.1, 0.15) is 0 Å². The van der Waals surface area contributed by atoms with Crippen molar-refractivity contribution in [3.05, 3.63) is 0 Å².